The zero-order chi connectivity index (χ0) is 27.3. The molecule has 7 rings (SSSR count). The average Bonchev–Trinajstić information content (AvgIpc) is 3.01. The number of fused-ring (bicyclic) bond motifs is 6. The molecule has 0 aliphatic rings. The van der Waals surface area contributed by atoms with Gasteiger partial charge in [-0.2, -0.15) is 0 Å². The summed E-state index contributed by atoms with van der Waals surface area (Å²) in [6.07, 6.45) is 0. The van der Waals surface area contributed by atoms with E-state index in [9.17, 15) is 0 Å². The fourth-order valence-electron chi connectivity index (χ4n) is 5.99. The lowest BCUT2D eigenvalue weighted by atomic mass is 9.83. The third-order valence-electron chi connectivity index (χ3n) is 8.18. The van der Waals surface area contributed by atoms with E-state index in [0.717, 1.165) is 0 Å². The van der Waals surface area contributed by atoms with Crippen LogP contribution in [0.4, 0.5) is 0 Å². The minimum absolute atomic E-state index is 0.0549. The van der Waals surface area contributed by atoms with E-state index in [2.05, 4.69) is 160 Å². The minimum Gasteiger partial charge on any atom is -0.0622 e. The molecule has 0 heterocycles. The average molecular weight is 513 g/mol. The van der Waals surface area contributed by atoms with Crippen LogP contribution in [-0.4, -0.2) is 0 Å². The largest absolute Gasteiger partial charge is 0.0622 e. The standard InChI is InChI=1S/C40H32/c1-40(2,3)33-24-31(27-12-5-4-6-13-27)23-32(25-33)29-15-11-14-28(22-29)30-20-21-38-36-18-8-7-16-34(36)35-17-9-10-19-37(35)39(38)26-30/h4-26H,1-3H3. The van der Waals surface area contributed by atoms with Gasteiger partial charge in [-0.15, -0.1) is 0 Å². The first-order valence-corrected chi connectivity index (χ1v) is 14.1. The molecule has 0 aromatic heterocycles. The van der Waals surface area contributed by atoms with Crippen molar-refractivity contribution < 1.29 is 0 Å². The first kappa shape index (κ1) is 24.4. The second-order valence-corrected chi connectivity index (χ2v) is 11.8. The number of hydrogen-bond acceptors (Lipinski definition) is 0. The van der Waals surface area contributed by atoms with Crippen molar-refractivity contribution in [1.29, 1.82) is 0 Å². The smallest absolute Gasteiger partial charge is 0.00928 e. The van der Waals surface area contributed by atoms with Crippen LogP contribution in [0.5, 0.6) is 0 Å². The Morgan fingerprint density at radius 3 is 1.32 bits per heavy atom. The highest BCUT2D eigenvalue weighted by Crippen LogP contribution is 2.38. The number of benzene rings is 7. The Morgan fingerprint density at radius 1 is 0.300 bits per heavy atom. The molecule has 40 heavy (non-hydrogen) atoms. The van der Waals surface area contributed by atoms with Crippen molar-refractivity contribution in [2.45, 2.75) is 26.2 Å². The SMILES string of the molecule is CC(C)(C)c1cc(-c2ccccc2)cc(-c2cccc(-c3ccc4c5ccccc5c5ccccc5c4c3)c2)c1. The molecule has 0 saturated carbocycles. The molecule has 0 amide bonds. The molecular formula is C40H32. The molecule has 0 unspecified atom stereocenters. The van der Waals surface area contributed by atoms with Crippen molar-refractivity contribution >= 4 is 32.3 Å². The lowest BCUT2D eigenvalue weighted by Crippen LogP contribution is -2.11. The van der Waals surface area contributed by atoms with Gasteiger partial charge in [0.2, 0.25) is 0 Å². The molecule has 0 N–H and O–H groups in total. The molecule has 0 bridgehead atoms. The monoisotopic (exact) mass is 512 g/mol. The predicted octanol–water partition coefficient (Wildman–Crippen LogP) is 11.4. The quantitative estimate of drug-likeness (QED) is 0.207. The van der Waals surface area contributed by atoms with Crippen LogP contribution in [0.25, 0.3) is 65.7 Å². The van der Waals surface area contributed by atoms with Crippen molar-refractivity contribution in [3.63, 3.8) is 0 Å². The molecular weight excluding hydrogens is 480 g/mol. The first-order chi connectivity index (χ1) is 19.5. The zero-order valence-electron chi connectivity index (χ0n) is 23.3. The maximum absolute atomic E-state index is 2.38. The van der Waals surface area contributed by atoms with E-state index in [4.69, 9.17) is 0 Å². The van der Waals surface area contributed by atoms with Gasteiger partial charge >= 0.3 is 0 Å². The third-order valence-corrected chi connectivity index (χ3v) is 8.18. The Kier molecular flexibility index (Phi) is 5.79. The van der Waals surface area contributed by atoms with Crippen LogP contribution in [0.3, 0.4) is 0 Å². The molecule has 7 aromatic carbocycles. The first-order valence-electron chi connectivity index (χ1n) is 14.1. The van der Waals surface area contributed by atoms with E-state index in [0.29, 0.717) is 0 Å². The third kappa shape index (κ3) is 4.27. The highest BCUT2D eigenvalue weighted by Gasteiger charge is 2.17. The van der Waals surface area contributed by atoms with Gasteiger partial charge in [0.1, 0.15) is 0 Å². The van der Waals surface area contributed by atoms with E-state index >= 15 is 0 Å². The van der Waals surface area contributed by atoms with E-state index in [-0.39, 0.29) is 5.41 Å². The van der Waals surface area contributed by atoms with Gasteiger partial charge in [-0.1, -0.05) is 142 Å². The van der Waals surface area contributed by atoms with E-state index in [1.54, 1.807) is 0 Å². The Bertz CT molecular complexity index is 1990. The van der Waals surface area contributed by atoms with Crippen LogP contribution in [0.15, 0.2) is 140 Å². The normalized spacial score (nSPS) is 11.9. The van der Waals surface area contributed by atoms with Gasteiger partial charge in [-0.25, -0.2) is 0 Å². The molecule has 0 aliphatic carbocycles. The molecule has 0 fully saturated rings. The van der Waals surface area contributed by atoms with Gasteiger partial charge in [-0.05, 0) is 94.9 Å². The fraction of sp³-hybridized carbons (Fsp3) is 0.100. The van der Waals surface area contributed by atoms with Crippen molar-refractivity contribution in [1.82, 2.24) is 0 Å². The summed E-state index contributed by atoms with van der Waals surface area (Å²) in [5.41, 5.74) is 8.88. The van der Waals surface area contributed by atoms with Crippen LogP contribution < -0.4 is 0 Å². The Hall–Kier alpha value is -4.68. The summed E-state index contributed by atoms with van der Waals surface area (Å²) in [6.45, 7) is 6.88. The van der Waals surface area contributed by atoms with Crippen molar-refractivity contribution in [3.8, 4) is 33.4 Å². The lowest BCUT2D eigenvalue weighted by Gasteiger charge is -2.22. The molecule has 0 nitrogen and oxygen atoms in total. The van der Waals surface area contributed by atoms with Gasteiger partial charge in [0, 0.05) is 0 Å². The van der Waals surface area contributed by atoms with Gasteiger partial charge in [0.25, 0.3) is 0 Å². The highest BCUT2D eigenvalue weighted by molar-refractivity contribution is 6.25. The van der Waals surface area contributed by atoms with Crippen LogP contribution in [0.2, 0.25) is 0 Å². The van der Waals surface area contributed by atoms with Crippen LogP contribution in [0, 0.1) is 0 Å². The second kappa shape index (κ2) is 9.50. The van der Waals surface area contributed by atoms with Gasteiger partial charge in [-0.3, -0.25) is 0 Å². The van der Waals surface area contributed by atoms with E-state index < -0.39 is 0 Å². The minimum atomic E-state index is 0.0549. The number of hydrogen-bond donors (Lipinski definition) is 0. The maximum Gasteiger partial charge on any atom is -0.00928 e. The lowest BCUT2D eigenvalue weighted by molar-refractivity contribution is 0.590. The molecule has 192 valence electrons. The van der Waals surface area contributed by atoms with Crippen LogP contribution in [-0.2, 0) is 5.41 Å². The summed E-state index contributed by atoms with van der Waals surface area (Å²) in [6, 6.07) is 51.3. The number of rotatable bonds is 3. The van der Waals surface area contributed by atoms with Crippen molar-refractivity contribution in [3.05, 3.63) is 145 Å². The zero-order valence-corrected chi connectivity index (χ0v) is 23.3. The topological polar surface area (TPSA) is 0 Å². The van der Waals surface area contributed by atoms with Crippen LogP contribution >= 0.6 is 0 Å². The summed E-state index contributed by atoms with van der Waals surface area (Å²) < 4.78 is 0. The van der Waals surface area contributed by atoms with Gasteiger partial charge in [0.05, 0.1) is 0 Å². The molecule has 0 atom stereocenters. The van der Waals surface area contributed by atoms with Gasteiger partial charge < -0.3 is 0 Å². The summed E-state index contributed by atoms with van der Waals surface area (Å²) in [7, 11) is 0. The van der Waals surface area contributed by atoms with E-state index in [1.807, 2.05) is 0 Å². The Labute approximate surface area is 236 Å². The summed E-state index contributed by atoms with van der Waals surface area (Å²) >= 11 is 0. The van der Waals surface area contributed by atoms with E-state index in [1.165, 1.54) is 71.3 Å². The summed E-state index contributed by atoms with van der Waals surface area (Å²) in [5.74, 6) is 0. The molecule has 0 saturated heterocycles. The molecule has 0 heteroatoms. The highest BCUT2D eigenvalue weighted by atomic mass is 14.2. The molecule has 0 spiro atoms. The van der Waals surface area contributed by atoms with Gasteiger partial charge in [0.15, 0.2) is 0 Å². The second-order valence-electron chi connectivity index (χ2n) is 11.8. The van der Waals surface area contributed by atoms with Crippen LogP contribution in [0.1, 0.15) is 26.3 Å². The molecule has 0 aliphatic heterocycles. The van der Waals surface area contributed by atoms with Crippen molar-refractivity contribution in [2.24, 2.45) is 0 Å². The Morgan fingerprint density at radius 2 is 0.725 bits per heavy atom. The molecule has 0 radical (unpaired) electrons. The Balaban J connectivity index is 1.40. The fourth-order valence-corrected chi connectivity index (χ4v) is 5.99. The predicted molar refractivity (Wildman–Crippen MR) is 174 cm³/mol. The van der Waals surface area contributed by atoms with Crippen molar-refractivity contribution in [2.75, 3.05) is 0 Å². The maximum atomic E-state index is 2.38. The molecule has 7 aromatic rings. The summed E-state index contributed by atoms with van der Waals surface area (Å²) in [5, 5.41) is 7.85. The summed E-state index contributed by atoms with van der Waals surface area (Å²) in [4.78, 5) is 0.